The van der Waals surface area contributed by atoms with Gasteiger partial charge in [-0.15, -0.1) is 0 Å². The molecule has 0 unspecified atom stereocenters. The topological polar surface area (TPSA) is 38.9 Å². The Kier molecular flexibility index (Phi) is 3.99. The third kappa shape index (κ3) is 2.57. The fourth-order valence-electron chi connectivity index (χ4n) is 0.812. The number of rotatable bonds is 2. The van der Waals surface area contributed by atoms with Gasteiger partial charge >= 0.3 is 0 Å². The molecule has 0 spiro atoms. The summed E-state index contributed by atoms with van der Waals surface area (Å²) in [5.74, 6) is 0. The van der Waals surface area contributed by atoms with E-state index in [9.17, 15) is 8.78 Å². The van der Waals surface area contributed by atoms with Crippen LogP contribution in [0, 0.1) is 3.57 Å². The fourth-order valence-corrected chi connectivity index (χ4v) is 1.99. The van der Waals surface area contributed by atoms with Gasteiger partial charge in [-0.05, 0) is 44.6 Å². The second kappa shape index (κ2) is 4.61. The van der Waals surface area contributed by atoms with Crippen molar-refractivity contribution in [3.8, 4) is 0 Å². The molecule has 0 radical (unpaired) electrons. The molecule has 13 heavy (non-hydrogen) atoms. The molecule has 0 fully saturated rings. The molecule has 0 bridgehead atoms. The predicted molar refractivity (Wildman–Crippen MR) is 57.5 cm³/mol. The number of alkyl halides is 2. The fraction of sp³-hybridized carbons (Fsp3) is 0.286. The smallest absolute Gasteiger partial charge is 0.266 e. The maximum Gasteiger partial charge on any atom is 0.266 e. The summed E-state index contributed by atoms with van der Waals surface area (Å²) in [4.78, 5) is 3.92. The number of aromatic nitrogens is 1. The zero-order valence-corrected chi connectivity index (χ0v) is 10.1. The summed E-state index contributed by atoms with van der Waals surface area (Å²) in [6.45, 7) is 0.250. The maximum atomic E-state index is 12.3. The van der Waals surface area contributed by atoms with Crippen molar-refractivity contribution in [3.63, 3.8) is 0 Å². The molecule has 0 aliphatic carbocycles. The summed E-state index contributed by atoms with van der Waals surface area (Å²) in [6.07, 6.45) is -2.51. The lowest BCUT2D eigenvalue weighted by atomic mass is 10.2. The van der Waals surface area contributed by atoms with Gasteiger partial charge in [-0.1, -0.05) is 0 Å². The Morgan fingerprint density at radius 3 is 2.69 bits per heavy atom. The molecule has 2 N–H and O–H groups in total. The van der Waals surface area contributed by atoms with Crippen LogP contribution in [0.4, 0.5) is 8.78 Å². The quantitative estimate of drug-likeness (QED) is 0.649. The van der Waals surface area contributed by atoms with Crippen LogP contribution >= 0.6 is 38.5 Å². The van der Waals surface area contributed by atoms with Gasteiger partial charge in [0.05, 0.1) is 11.3 Å². The van der Waals surface area contributed by atoms with E-state index >= 15 is 0 Å². The zero-order chi connectivity index (χ0) is 10.0. The van der Waals surface area contributed by atoms with Crippen molar-refractivity contribution in [3.05, 3.63) is 25.5 Å². The predicted octanol–water partition coefficient (Wildman–Crippen LogP) is 2.85. The van der Waals surface area contributed by atoms with E-state index in [4.69, 9.17) is 5.73 Å². The minimum atomic E-state index is -2.51. The molecular weight excluding hydrogens is 357 g/mol. The Bertz CT molecular complexity index is 320. The van der Waals surface area contributed by atoms with Crippen LogP contribution in [0.25, 0.3) is 0 Å². The number of pyridine rings is 1. The first-order valence-electron chi connectivity index (χ1n) is 3.39. The summed E-state index contributed by atoms with van der Waals surface area (Å²) in [6, 6.07) is 1.39. The van der Waals surface area contributed by atoms with Gasteiger partial charge in [-0.2, -0.15) is 0 Å². The lowest BCUT2D eigenvalue weighted by Gasteiger charge is -2.06. The van der Waals surface area contributed by atoms with E-state index in [1.165, 1.54) is 6.07 Å². The molecule has 0 saturated carbocycles. The zero-order valence-electron chi connectivity index (χ0n) is 6.40. The number of hydrogen-bond donors (Lipinski definition) is 1. The van der Waals surface area contributed by atoms with Crippen molar-refractivity contribution >= 4 is 38.5 Å². The highest BCUT2D eigenvalue weighted by molar-refractivity contribution is 14.1. The molecule has 0 aliphatic heterocycles. The minimum absolute atomic E-state index is 0.0957. The number of nitrogens with two attached hydrogens (primary N) is 1. The number of hydrogen-bond acceptors (Lipinski definition) is 2. The molecule has 2 nitrogen and oxygen atoms in total. The van der Waals surface area contributed by atoms with E-state index < -0.39 is 6.43 Å². The van der Waals surface area contributed by atoms with E-state index in [2.05, 4.69) is 20.9 Å². The molecule has 0 amide bonds. The third-order valence-electron chi connectivity index (χ3n) is 1.46. The molecular formula is C7H6BrF2IN2. The first kappa shape index (κ1) is 11.3. The van der Waals surface area contributed by atoms with Gasteiger partial charge in [-0.25, -0.2) is 13.8 Å². The number of nitrogens with zero attached hydrogens (tertiary/aromatic N) is 1. The molecule has 6 heteroatoms. The Hall–Kier alpha value is 0.180. The summed E-state index contributed by atoms with van der Waals surface area (Å²) < 4.78 is 25.5. The monoisotopic (exact) mass is 362 g/mol. The van der Waals surface area contributed by atoms with E-state index in [1.54, 1.807) is 0 Å². The molecule has 72 valence electrons. The highest BCUT2D eigenvalue weighted by Gasteiger charge is 2.15. The Morgan fingerprint density at radius 1 is 1.62 bits per heavy atom. The van der Waals surface area contributed by atoms with Gasteiger partial charge < -0.3 is 5.73 Å². The molecule has 1 aromatic heterocycles. The van der Waals surface area contributed by atoms with Crippen LogP contribution < -0.4 is 5.73 Å². The van der Waals surface area contributed by atoms with Gasteiger partial charge in [0, 0.05) is 10.1 Å². The second-order valence-electron chi connectivity index (χ2n) is 2.30. The highest BCUT2D eigenvalue weighted by atomic mass is 127. The molecule has 1 rings (SSSR count). The summed E-state index contributed by atoms with van der Waals surface area (Å²) >= 11 is 4.91. The van der Waals surface area contributed by atoms with Crippen LogP contribution in [0.5, 0.6) is 0 Å². The normalized spacial score (nSPS) is 10.9. The van der Waals surface area contributed by atoms with Crippen molar-refractivity contribution < 1.29 is 8.78 Å². The minimum Gasteiger partial charge on any atom is -0.325 e. The summed E-state index contributed by atoms with van der Waals surface area (Å²) in [5.41, 5.74) is 5.90. The van der Waals surface area contributed by atoms with Crippen LogP contribution in [0.15, 0.2) is 10.7 Å². The van der Waals surface area contributed by atoms with E-state index in [1.807, 2.05) is 22.6 Å². The molecule has 0 saturated heterocycles. The summed E-state index contributed by atoms with van der Waals surface area (Å²) in [5, 5.41) is 0. The third-order valence-corrected chi connectivity index (χ3v) is 3.03. The standard InChI is InChI=1S/C7H6BrF2IN2/c8-6-3(7(9)10)1-4(11)5(2-12)13-6/h1,7H,2,12H2. The van der Waals surface area contributed by atoms with Crippen LogP contribution in [0.2, 0.25) is 0 Å². The van der Waals surface area contributed by atoms with Crippen molar-refractivity contribution in [2.45, 2.75) is 13.0 Å². The largest absolute Gasteiger partial charge is 0.325 e. The maximum absolute atomic E-state index is 12.3. The van der Waals surface area contributed by atoms with Crippen molar-refractivity contribution in [2.24, 2.45) is 5.73 Å². The Labute approximate surface area is 96.2 Å². The van der Waals surface area contributed by atoms with Crippen LogP contribution in [-0.4, -0.2) is 4.98 Å². The molecule has 0 atom stereocenters. The van der Waals surface area contributed by atoms with E-state index in [0.29, 0.717) is 9.26 Å². The van der Waals surface area contributed by atoms with Gasteiger partial charge in [0.1, 0.15) is 4.60 Å². The van der Waals surface area contributed by atoms with E-state index in [0.717, 1.165) is 0 Å². The van der Waals surface area contributed by atoms with Crippen molar-refractivity contribution in [2.75, 3.05) is 0 Å². The average molecular weight is 363 g/mol. The van der Waals surface area contributed by atoms with Gasteiger partial charge in [0.25, 0.3) is 6.43 Å². The Morgan fingerprint density at radius 2 is 2.23 bits per heavy atom. The Balaban J connectivity index is 3.20. The SMILES string of the molecule is NCc1nc(Br)c(C(F)F)cc1I. The first-order valence-corrected chi connectivity index (χ1v) is 5.26. The lowest BCUT2D eigenvalue weighted by molar-refractivity contribution is 0.150. The van der Waals surface area contributed by atoms with Crippen molar-refractivity contribution in [1.29, 1.82) is 0 Å². The molecule has 1 aromatic rings. The van der Waals surface area contributed by atoms with Gasteiger partial charge in [-0.3, -0.25) is 0 Å². The van der Waals surface area contributed by atoms with Crippen molar-refractivity contribution in [1.82, 2.24) is 4.98 Å². The highest BCUT2D eigenvalue weighted by Crippen LogP contribution is 2.28. The van der Waals surface area contributed by atoms with E-state index in [-0.39, 0.29) is 16.7 Å². The average Bonchev–Trinajstić information content (AvgIpc) is 2.07. The lowest BCUT2D eigenvalue weighted by Crippen LogP contribution is -2.04. The van der Waals surface area contributed by atoms with Gasteiger partial charge in [0.2, 0.25) is 0 Å². The van der Waals surface area contributed by atoms with Crippen LogP contribution in [0.1, 0.15) is 17.7 Å². The summed E-state index contributed by atoms with van der Waals surface area (Å²) in [7, 11) is 0. The van der Waals surface area contributed by atoms with Crippen LogP contribution in [-0.2, 0) is 6.54 Å². The van der Waals surface area contributed by atoms with Crippen LogP contribution in [0.3, 0.4) is 0 Å². The molecule has 1 heterocycles. The molecule has 0 aliphatic rings. The van der Waals surface area contributed by atoms with Gasteiger partial charge in [0.15, 0.2) is 0 Å². The second-order valence-corrected chi connectivity index (χ2v) is 4.22. The number of halogens is 4. The first-order chi connectivity index (χ1) is 6.06. The molecule has 0 aromatic carbocycles.